The number of nitrogens with zero attached hydrogens (tertiary/aromatic N) is 3. The number of benzene rings is 2. The molecule has 1 aliphatic heterocycles. The first-order valence-corrected chi connectivity index (χ1v) is 10.8. The third kappa shape index (κ3) is 5.49. The van der Waals surface area contributed by atoms with Crippen molar-refractivity contribution in [1.82, 2.24) is 25.8 Å². The Morgan fingerprint density at radius 3 is 2.84 bits per heavy atom. The maximum atomic E-state index is 6.15. The van der Waals surface area contributed by atoms with Crippen molar-refractivity contribution in [2.75, 3.05) is 20.2 Å². The molecule has 0 saturated carbocycles. The van der Waals surface area contributed by atoms with Gasteiger partial charge in [-0.1, -0.05) is 48.0 Å². The van der Waals surface area contributed by atoms with Crippen molar-refractivity contribution in [2.45, 2.75) is 32.4 Å². The summed E-state index contributed by atoms with van der Waals surface area (Å²) in [5.41, 5.74) is 4.69. The van der Waals surface area contributed by atoms with Gasteiger partial charge in [-0.2, -0.15) is 5.10 Å². The fraction of sp³-hybridized carbons (Fsp3) is 0.375. The summed E-state index contributed by atoms with van der Waals surface area (Å²) in [6.07, 6.45) is 3.88. The largest absolute Gasteiger partial charge is 0.373 e. The molecule has 7 heteroatoms. The number of aromatic amines is 1. The molecule has 1 aliphatic rings. The number of nitrogens with one attached hydrogen (secondary N) is 3. The van der Waals surface area contributed by atoms with E-state index in [1.165, 1.54) is 17.5 Å². The van der Waals surface area contributed by atoms with Crippen LogP contribution < -0.4 is 10.6 Å². The summed E-state index contributed by atoms with van der Waals surface area (Å²) >= 11 is 0. The van der Waals surface area contributed by atoms with Crippen molar-refractivity contribution < 1.29 is 4.74 Å². The van der Waals surface area contributed by atoms with Crippen LogP contribution in [0.25, 0.3) is 11.4 Å². The number of aryl methyl sites for hydroxylation is 1. The first kappa shape index (κ1) is 21.1. The van der Waals surface area contributed by atoms with Crippen LogP contribution in [-0.2, 0) is 11.3 Å². The lowest BCUT2D eigenvalue weighted by Gasteiger charge is -2.32. The Kier molecular flexibility index (Phi) is 6.94. The van der Waals surface area contributed by atoms with Crippen LogP contribution in [0.15, 0.2) is 59.9 Å². The molecule has 7 nitrogen and oxygen atoms in total. The molecule has 0 amide bonds. The van der Waals surface area contributed by atoms with E-state index in [2.05, 4.69) is 74.1 Å². The standard InChI is InChI=1S/C24H30N6O/c1-17-8-10-19(11-9-17)22-21(7-4-12-31-22)15-27-24(25-2)26-14-18-5-3-6-20(13-18)23-28-16-29-30-23/h3,5-6,8-11,13,16,21-22H,4,7,12,14-15H2,1-2H3,(H2,25,26,27)(H,28,29,30). The smallest absolute Gasteiger partial charge is 0.191 e. The SMILES string of the molecule is CN=C(NCc1cccc(-c2ncn[nH]2)c1)NCC1CCCOC1c1ccc(C)cc1. The lowest BCUT2D eigenvalue weighted by Crippen LogP contribution is -2.41. The molecule has 4 rings (SSSR count). The summed E-state index contributed by atoms with van der Waals surface area (Å²) in [6.45, 7) is 4.42. The van der Waals surface area contributed by atoms with Crippen molar-refractivity contribution in [2.24, 2.45) is 10.9 Å². The average Bonchev–Trinajstić information content (AvgIpc) is 3.35. The van der Waals surface area contributed by atoms with Gasteiger partial charge in [-0.3, -0.25) is 10.1 Å². The van der Waals surface area contributed by atoms with E-state index in [0.29, 0.717) is 12.5 Å². The monoisotopic (exact) mass is 418 g/mol. The molecule has 2 aromatic carbocycles. The van der Waals surface area contributed by atoms with Gasteiger partial charge in [0.25, 0.3) is 0 Å². The fourth-order valence-corrected chi connectivity index (χ4v) is 3.98. The number of hydrogen-bond donors (Lipinski definition) is 3. The predicted molar refractivity (Wildman–Crippen MR) is 123 cm³/mol. The highest BCUT2D eigenvalue weighted by atomic mass is 16.5. The minimum Gasteiger partial charge on any atom is -0.373 e. The molecule has 3 N–H and O–H groups in total. The van der Waals surface area contributed by atoms with Crippen molar-refractivity contribution in [3.8, 4) is 11.4 Å². The van der Waals surface area contributed by atoms with E-state index >= 15 is 0 Å². The molecule has 2 heterocycles. The lowest BCUT2D eigenvalue weighted by atomic mass is 9.89. The lowest BCUT2D eigenvalue weighted by molar-refractivity contribution is -0.0265. The van der Waals surface area contributed by atoms with Crippen LogP contribution in [0.2, 0.25) is 0 Å². The number of guanidine groups is 1. The van der Waals surface area contributed by atoms with E-state index in [1.807, 2.05) is 12.1 Å². The number of hydrogen-bond acceptors (Lipinski definition) is 4. The zero-order valence-electron chi connectivity index (χ0n) is 18.1. The van der Waals surface area contributed by atoms with Gasteiger partial charge in [0.2, 0.25) is 0 Å². The normalized spacial score (nSPS) is 19.2. The minimum absolute atomic E-state index is 0.124. The van der Waals surface area contributed by atoms with Crippen molar-refractivity contribution in [1.29, 1.82) is 0 Å². The molecule has 0 bridgehead atoms. The van der Waals surface area contributed by atoms with E-state index in [4.69, 9.17) is 4.74 Å². The van der Waals surface area contributed by atoms with Crippen molar-refractivity contribution in [3.05, 3.63) is 71.5 Å². The van der Waals surface area contributed by atoms with E-state index in [1.54, 1.807) is 7.05 Å². The minimum atomic E-state index is 0.124. The quantitative estimate of drug-likeness (QED) is 0.420. The van der Waals surface area contributed by atoms with E-state index < -0.39 is 0 Å². The second-order valence-electron chi connectivity index (χ2n) is 7.95. The zero-order chi connectivity index (χ0) is 21.5. The molecule has 31 heavy (non-hydrogen) atoms. The van der Waals surface area contributed by atoms with Gasteiger partial charge in [0.1, 0.15) is 6.33 Å². The van der Waals surface area contributed by atoms with Gasteiger partial charge in [0.15, 0.2) is 11.8 Å². The first-order valence-electron chi connectivity index (χ1n) is 10.8. The van der Waals surface area contributed by atoms with E-state index in [-0.39, 0.29) is 6.10 Å². The number of aliphatic imine (C=N–C) groups is 1. The molecule has 1 fully saturated rings. The summed E-state index contributed by atoms with van der Waals surface area (Å²) in [6, 6.07) is 16.9. The summed E-state index contributed by atoms with van der Waals surface area (Å²) in [5.74, 6) is 1.96. The number of ether oxygens (including phenoxy) is 1. The van der Waals surface area contributed by atoms with Gasteiger partial charge in [0, 0.05) is 38.2 Å². The Morgan fingerprint density at radius 2 is 2.06 bits per heavy atom. The highest BCUT2D eigenvalue weighted by Gasteiger charge is 2.27. The third-order valence-corrected chi connectivity index (χ3v) is 5.68. The Balaban J connectivity index is 1.34. The van der Waals surface area contributed by atoms with Gasteiger partial charge in [-0.15, -0.1) is 0 Å². The second kappa shape index (κ2) is 10.2. The molecule has 162 valence electrons. The van der Waals surface area contributed by atoms with E-state index in [9.17, 15) is 0 Å². The van der Waals surface area contributed by atoms with Crippen molar-refractivity contribution >= 4 is 5.96 Å². The maximum absolute atomic E-state index is 6.15. The molecule has 2 unspecified atom stereocenters. The Morgan fingerprint density at radius 1 is 1.19 bits per heavy atom. The van der Waals surface area contributed by atoms with Crippen LogP contribution in [0.3, 0.4) is 0 Å². The summed E-state index contributed by atoms with van der Waals surface area (Å²) in [4.78, 5) is 8.62. The Bertz CT molecular complexity index is 984. The van der Waals surface area contributed by atoms with Crippen LogP contribution in [0.4, 0.5) is 0 Å². The van der Waals surface area contributed by atoms with Crippen LogP contribution in [-0.4, -0.2) is 41.3 Å². The molecule has 1 saturated heterocycles. The number of aromatic nitrogens is 3. The van der Waals surface area contributed by atoms with Crippen LogP contribution in [0.5, 0.6) is 0 Å². The predicted octanol–water partition coefficient (Wildman–Crippen LogP) is 3.61. The third-order valence-electron chi connectivity index (χ3n) is 5.68. The fourth-order valence-electron chi connectivity index (χ4n) is 3.98. The van der Waals surface area contributed by atoms with Crippen LogP contribution in [0, 0.1) is 12.8 Å². The molecule has 2 atom stereocenters. The summed E-state index contributed by atoms with van der Waals surface area (Å²) < 4.78 is 6.15. The Labute approximate surface area is 183 Å². The van der Waals surface area contributed by atoms with Gasteiger partial charge >= 0.3 is 0 Å². The molecule has 3 aromatic rings. The number of rotatable bonds is 6. The zero-order valence-corrected chi connectivity index (χ0v) is 18.1. The summed E-state index contributed by atoms with van der Waals surface area (Å²) in [7, 11) is 1.80. The maximum Gasteiger partial charge on any atom is 0.191 e. The molecular formula is C24H30N6O. The summed E-state index contributed by atoms with van der Waals surface area (Å²) in [5, 5.41) is 13.7. The first-order chi connectivity index (χ1) is 15.2. The highest BCUT2D eigenvalue weighted by Crippen LogP contribution is 2.33. The van der Waals surface area contributed by atoms with Crippen LogP contribution in [0.1, 0.15) is 35.6 Å². The molecule has 0 aliphatic carbocycles. The number of H-pyrrole nitrogens is 1. The van der Waals surface area contributed by atoms with Crippen LogP contribution >= 0.6 is 0 Å². The Hall–Kier alpha value is -3.19. The topological polar surface area (TPSA) is 87.2 Å². The molecular weight excluding hydrogens is 388 g/mol. The van der Waals surface area contributed by atoms with Gasteiger partial charge in [-0.25, -0.2) is 4.98 Å². The highest BCUT2D eigenvalue weighted by molar-refractivity contribution is 5.79. The second-order valence-corrected chi connectivity index (χ2v) is 7.95. The molecule has 0 radical (unpaired) electrons. The van der Waals surface area contributed by atoms with Gasteiger partial charge in [0.05, 0.1) is 6.10 Å². The van der Waals surface area contributed by atoms with Gasteiger partial charge < -0.3 is 15.4 Å². The molecule has 0 spiro atoms. The van der Waals surface area contributed by atoms with E-state index in [0.717, 1.165) is 48.9 Å². The van der Waals surface area contributed by atoms with Crippen molar-refractivity contribution in [3.63, 3.8) is 0 Å². The molecule has 1 aromatic heterocycles. The van der Waals surface area contributed by atoms with Gasteiger partial charge in [-0.05, 0) is 37.0 Å². The average molecular weight is 419 g/mol.